The zero-order valence-corrected chi connectivity index (χ0v) is 14.2. The molecule has 0 atom stereocenters. The summed E-state index contributed by atoms with van der Waals surface area (Å²) >= 11 is 1.38. The highest BCUT2D eigenvalue weighted by Crippen LogP contribution is 2.10. The zero-order chi connectivity index (χ0) is 17.2. The predicted octanol–water partition coefficient (Wildman–Crippen LogP) is 1.99. The van der Waals surface area contributed by atoms with Crippen LogP contribution in [0.15, 0.2) is 24.3 Å². The van der Waals surface area contributed by atoms with Gasteiger partial charge in [0, 0.05) is 31.5 Å². The Balaban J connectivity index is 2.18. The van der Waals surface area contributed by atoms with E-state index in [0.717, 1.165) is 11.3 Å². The van der Waals surface area contributed by atoms with Gasteiger partial charge >= 0.3 is 5.97 Å². The van der Waals surface area contributed by atoms with E-state index in [1.54, 1.807) is 7.05 Å². The van der Waals surface area contributed by atoms with Gasteiger partial charge in [-0.1, -0.05) is 17.7 Å². The molecule has 1 aromatic rings. The minimum Gasteiger partial charge on any atom is -0.481 e. The lowest BCUT2D eigenvalue weighted by Crippen LogP contribution is -2.29. The van der Waals surface area contributed by atoms with Crippen molar-refractivity contribution in [1.82, 2.24) is 4.90 Å². The summed E-state index contributed by atoms with van der Waals surface area (Å²) in [5, 5.41) is 11.4. The standard InChI is InChI=1S/C16H22N2O4S/c1-12-3-5-13(6-4-12)17-14(19)11-23-10-8-15(20)18(2)9-7-16(21)22/h3-6H,7-11H2,1-2H3,(H,17,19)(H,21,22). The normalized spacial score (nSPS) is 10.2. The van der Waals surface area contributed by atoms with Crippen LogP contribution in [-0.2, 0) is 14.4 Å². The topological polar surface area (TPSA) is 86.7 Å². The molecule has 0 fully saturated rings. The van der Waals surface area contributed by atoms with Crippen LogP contribution in [0.25, 0.3) is 0 Å². The van der Waals surface area contributed by atoms with E-state index >= 15 is 0 Å². The SMILES string of the molecule is Cc1ccc(NC(=O)CSCCC(=O)N(C)CCC(=O)O)cc1. The van der Waals surface area contributed by atoms with E-state index in [-0.39, 0.29) is 30.5 Å². The van der Waals surface area contributed by atoms with Gasteiger partial charge in [-0.15, -0.1) is 0 Å². The molecule has 0 aromatic heterocycles. The van der Waals surface area contributed by atoms with Crippen molar-refractivity contribution >= 4 is 35.2 Å². The second-order valence-electron chi connectivity index (χ2n) is 5.18. The molecule has 0 aliphatic heterocycles. The molecule has 0 spiro atoms. The maximum atomic E-state index is 11.8. The van der Waals surface area contributed by atoms with Crippen LogP contribution >= 0.6 is 11.8 Å². The molecule has 0 aliphatic carbocycles. The monoisotopic (exact) mass is 338 g/mol. The van der Waals surface area contributed by atoms with Crippen LogP contribution in [0.1, 0.15) is 18.4 Å². The van der Waals surface area contributed by atoms with Gasteiger partial charge in [0.15, 0.2) is 0 Å². The fourth-order valence-corrected chi connectivity index (χ4v) is 2.46. The number of hydrogen-bond acceptors (Lipinski definition) is 4. The third-order valence-corrected chi connectivity index (χ3v) is 4.07. The molecular formula is C16H22N2O4S. The molecule has 23 heavy (non-hydrogen) atoms. The van der Waals surface area contributed by atoms with E-state index in [9.17, 15) is 14.4 Å². The molecule has 0 saturated heterocycles. The Morgan fingerprint density at radius 1 is 1.17 bits per heavy atom. The van der Waals surface area contributed by atoms with E-state index in [1.165, 1.54) is 16.7 Å². The predicted molar refractivity (Wildman–Crippen MR) is 91.6 cm³/mol. The molecule has 2 N–H and O–H groups in total. The number of carboxylic acids is 1. The molecule has 126 valence electrons. The third-order valence-electron chi connectivity index (χ3n) is 3.12. The van der Waals surface area contributed by atoms with Gasteiger partial charge in [-0.25, -0.2) is 0 Å². The molecule has 0 heterocycles. The highest BCUT2D eigenvalue weighted by atomic mass is 32.2. The van der Waals surface area contributed by atoms with Crippen molar-refractivity contribution < 1.29 is 19.5 Å². The summed E-state index contributed by atoms with van der Waals surface area (Å²) in [5.41, 5.74) is 1.88. The average Bonchev–Trinajstić information content (AvgIpc) is 2.51. The maximum Gasteiger partial charge on any atom is 0.305 e. The van der Waals surface area contributed by atoms with Gasteiger partial charge in [-0.3, -0.25) is 14.4 Å². The lowest BCUT2D eigenvalue weighted by Gasteiger charge is -2.15. The second kappa shape index (κ2) is 9.89. The van der Waals surface area contributed by atoms with Crippen LogP contribution in [0.2, 0.25) is 0 Å². The summed E-state index contributed by atoms with van der Waals surface area (Å²) in [7, 11) is 1.58. The van der Waals surface area contributed by atoms with Gasteiger partial charge < -0.3 is 15.3 Å². The van der Waals surface area contributed by atoms with E-state index < -0.39 is 5.97 Å². The van der Waals surface area contributed by atoms with Gasteiger partial charge in [0.05, 0.1) is 12.2 Å². The molecule has 0 bridgehead atoms. The molecule has 0 unspecified atom stereocenters. The number of aryl methyl sites for hydroxylation is 1. The fourth-order valence-electron chi connectivity index (χ4n) is 1.74. The Morgan fingerprint density at radius 3 is 2.43 bits per heavy atom. The smallest absolute Gasteiger partial charge is 0.305 e. The molecule has 0 aliphatic rings. The molecule has 1 rings (SSSR count). The Labute approximate surface area is 140 Å². The van der Waals surface area contributed by atoms with Crippen LogP contribution in [0.3, 0.4) is 0 Å². The van der Waals surface area contributed by atoms with E-state index in [1.807, 2.05) is 31.2 Å². The van der Waals surface area contributed by atoms with Crippen molar-refractivity contribution in [2.45, 2.75) is 19.8 Å². The Hall–Kier alpha value is -2.02. The first kappa shape index (κ1) is 19.0. The van der Waals surface area contributed by atoms with Gasteiger partial charge in [-0.2, -0.15) is 11.8 Å². The maximum absolute atomic E-state index is 11.8. The zero-order valence-electron chi connectivity index (χ0n) is 13.4. The van der Waals surface area contributed by atoms with Gasteiger partial charge in [0.1, 0.15) is 0 Å². The first-order valence-corrected chi connectivity index (χ1v) is 8.44. The molecule has 0 radical (unpaired) electrons. The Morgan fingerprint density at radius 2 is 1.83 bits per heavy atom. The van der Waals surface area contributed by atoms with E-state index in [2.05, 4.69) is 5.32 Å². The van der Waals surface area contributed by atoms with Crippen LogP contribution < -0.4 is 5.32 Å². The van der Waals surface area contributed by atoms with E-state index in [4.69, 9.17) is 5.11 Å². The Bertz CT molecular complexity index is 546. The number of benzene rings is 1. The number of carboxylic acid groups (broad SMARTS) is 1. The van der Waals surface area contributed by atoms with Crippen molar-refractivity contribution in [2.24, 2.45) is 0 Å². The molecule has 1 aromatic carbocycles. The van der Waals surface area contributed by atoms with Crippen LogP contribution in [-0.4, -0.2) is 52.9 Å². The number of anilines is 1. The number of nitrogens with zero attached hydrogens (tertiary/aromatic N) is 1. The number of hydrogen-bond donors (Lipinski definition) is 2. The van der Waals surface area contributed by atoms with Gasteiger partial charge in [-0.05, 0) is 19.1 Å². The molecule has 6 nitrogen and oxygen atoms in total. The number of rotatable bonds is 9. The summed E-state index contributed by atoms with van der Waals surface area (Å²) in [6.45, 7) is 2.18. The summed E-state index contributed by atoms with van der Waals surface area (Å²) in [6, 6.07) is 7.54. The minimum atomic E-state index is -0.924. The summed E-state index contributed by atoms with van der Waals surface area (Å²) < 4.78 is 0. The number of amides is 2. The molecule has 0 saturated carbocycles. The summed E-state index contributed by atoms with van der Waals surface area (Å²) in [5.74, 6) is -0.340. The lowest BCUT2D eigenvalue weighted by molar-refractivity contribution is -0.138. The summed E-state index contributed by atoms with van der Waals surface area (Å²) in [6.07, 6.45) is 0.229. The van der Waals surface area contributed by atoms with Crippen molar-refractivity contribution in [3.63, 3.8) is 0 Å². The minimum absolute atomic E-state index is 0.0612. The number of thioether (sulfide) groups is 1. The highest BCUT2D eigenvalue weighted by molar-refractivity contribution is 7.99. The van der Waals surface area contributed by atoms with Crippen molar-refractivity contribution in [3.8, 4) is 0 Å². The number of aliphatic carboxylic acids is 1. The highest BCUT2D eigenvalue weighted by Gasteiger charge is 2.10. The largest absolute Gasteiger partial charge is 0.481 e. The number of carbonyl (C=O) groups is 3. The quantitative estimate of drug-likeness (QED) is 0.673. The summed E-state index contributed by atoms with van der Waals surface area (Å²) in [4.78, 5) is 35.4. The van der Waals surface area contributed by atoms with E-state index in [0.29, 0.717) is 12.2 Å². The molecular weight excluding hydrogens is 316 g/mol. The van der Waals surface area contributed by atoms with Crippen LogP contribution in [0, 0.1) is 6.92 Å². The average molecular weight is 338 g/mol. The van der Waals surface area contributed by atoms with Crippen molar-refractivity contribution in [1.29, 1.82) is 0 Å². The Kier molecular flexibility index (Phi) is 8.18. The second-order valence-corrected chi connectivity index (χ2v) is 6.28. The van der Waals surface area contributed by atoms with Crippen LogP contribution in [0.5, 0.6) is 0 Å². The number of carbonyl (C=O) groups excluding carboxylic acids is 2. The van der Waals surface area contributed by atoms with Crippen molar-refractivity contribution in [3.05, 3.63) is 29.8 Å². The first-order chi connectivity index (χ1) is 10.9. The number of nitrogens with one attached hydrogen (secondary N) is 1. The molecule has 7 heteroatoms. The van der Waals surface area contributed by atoms with Gasteiger partial charge in [0.2, 0.25) is 11.8 Å². The fraction of sp³-hybridized carbons (Fsp3) is 0.438. The van der Waals surface area contributed by atoms with Crippen molar-refractivity contribution in [2.75, 3.05) is 30.4 Å². The third kappa shape index (κ3) is 8.25. The lowest BCUT2D eigenvalue weighted by atomic mass is 10.2. The molecule has 2 amide bonds. The first-order valence-electron chi connectivity index (χ1n) is 7.28. The van der Waals surface area contributed by atoms with Crippen LogP contribution in [0.4, 0.5) is 5.69 Å². The van der Waals surface area contributed by atoms with Gasteiger partial charge in [0.25, 0.3) is 0 Å².